The van der Waals surface area contributed by atoms with E-state index in [1.54, 1.807) is 0 Å². The van der Waals surface area contributed by atoms with Gasteiger partial charge in [-0.05, 0) is 30.0 Å². The summed E-state index contributed by atoms with van der Waals surface area (Å²) in [5.74, 6) is -3.93. The Morgan fingerprint density at radius 1 is 1.18 bits per heavy atom. The molecule has 17 heavy (non-hydrogen) atoms. The maximum absolute atomic E-state index is 13.0. The molecule has 1 rings (SSSR count). The highest BCUT2D eigenvalue weighted by molar-refractivity contribution is 5.23. The van der Waals surface area contributed by atoms with Gasteiger partial charge in [0.15, 0.2) is 17.5 Å². The lowest BCUT2D eigenvalue weighted by atomic mass is 9.95. The highest BCUT2D eigenvalue weighted by Gasteiger charge is 2.21. The van der Waals surface area contributed by atoms with Gasteiger partial charge in [-0.3, -0.25) is 0 Å². The molecule has 0 amide bonds. The molecular formula is C12H16F3NO. The van der Waals surface area contributed by atoms with E-state index in [0.29, 0.717) is 6.42 Å². The van der Waals surface area contributed by atoms with Gasteiger partial charge in [-0.2, -0.15) is 0 Å². The van der Waals surface area contributed by atoms with Gasteiger partial charge in [0.1, 0.15) is 0 Å². The standard InChI is InChI=1S/C12H16F3NO/c1-6(2)3-10(17)12(16)7-4-8(13)11(15)9(14)5-7/h4-6,10,12,17H,3,16H2,1-2H3/t10-,12+/m1/s1. The van der Waals surface area contributed by atoms with Gasteiger partial charge in [0, 0.05) is 0 Å². The SMILES string of the molecule is CC(C)C[C@@H](O)[C@@H](N)c1cc(F)c(F)c(F)c1. The molecule has 0 aliphatic carbocycles. The summed E-state index contributed by atoms with van der Waals surface area (Å²) in [5, 5.41) is 9.73. The first-order chi connectivity index (χ1) is 7.82. The zero-order valence-electron chi connectivity index (χ0n) is 9.75. The van der Waals surface area contributed by atoms with Crippen LogP contribution in [0.3, 0.4) is 0 Å². The number of halogens is 3. The van der Waals surface area contributed by atoms with Crippen LogP contribution in [-0.2, 0) is 0 Å². The number of aliphatic hydroxyl groups is 1. The summed E-state index contributed by atoms with van der Waals surface area (Å²) >= 11 is 0. The van der Waals surface area contributed by atoms with Crippen molar-refractivity contribution in [3.8, 4) is 0 Å². The van der Waals surface area contributed by atoms with E-state index in [2.05, 4.69) is 0 Å². The first kappa shape index (κ1) is 14.0. The number of benzene rings is 1. The van der Waals surface area contributed by atoms with E-state index < -0.39 is 29.6 Å². The zero-order chi connectivity index (χ0) is 13.2. The Kier molecular flexibility index (Phi) is 4.54. The van der Waals surface area contributed by atoms with Crippen LogP contribution in [-0.4, -0.2) is 11.2 Å². The minimum Gasteiger partial charge on any atom is -0.391 e. The van der Waals surface area contributed by atoms with Crippen molar-refractivity contribution >= 4 is 0 Å². The van der Waals surface area contributed by atoms with E-state index in [4.69, 9.17) is 5.73 Å². The molecule has 0 radical (unpaired) electrons. The number of aliphatic hydroxyl groups excluding tert-OH is 1. The van der Waals surface area contributed by atoms with Gasteiger partial charge >= 0.3 is 0 Å². The third kappa shape index (κ3) is 3.44. The fourth-order valence-electron chi connectivity index (χ4n) is 1.62. The van der Waals surface area contributed by atoms with Gasteiger partial charge in [0.05, 0.1) is 12.1 Å². The van der Waals surface area contributed by atoms with E-state index in [1.165, 1.54) is 0 Å². The molecule has 0 fully saturated rings. The summed E-state index contributed by atoms with van der Waals surface area (Å²) < 4.78 is 38.7. The summed E-state index contributed by atoms with van der Waals surface area (Å²) in [4.78, 5) is 0. The second kappa shape index (κ2) is 5.51. The van der Waals surface area contributed by atoms with Crippen molar-refractivity contribution in [1.29, 1.82) is 0 Å². The third-order valence-electron chi connectivity index (χ3n) is 2.52. The van der Waals surface area contributed by atoms with Crippen LogP contribution in [0.2, 0.25) is 0 Å². The van der Waals surface area contributed by atoms with Gasteiger partial charge in [0.2, 0.25) is 0 Å². The van der Waals surface area contributed by atoms with Gasteiger partial charge in [0.25, 0.3) is 0 Å². The summed E-state index contributed by atoms with van der Waals surface area (Å²) in [5.41, 5.74) is 5.72. The molecule has 5 heteroatoms. The minimum absolute atomic E-state index is 0.0505. The molecule has 0 spiro atoms. The highest BCUT2D eigenvalue weighted by Crippen LogP contribution is 2.22. The molecule has 2 atom stereocenters. The van der Waals surface area contributed by atoms with Crippen molar-refractivity contribution in [3.05, 3.63) is 35.1 Å². The Hall–Kier alpha value is -1.07. The van der Waals surface area contributed by atoms with Crippen LogP contribution < -0.4 is 5.73 Å². The quantitative estimate of drug-likeness (QED) is 0.803. The molecule has 0 aliphatic rings. The van der Waals surface area contributed by atoms with Crippen LogP contribution in [0.1, 0.15) is 31.9 Å². The lowest BCUT2D eigenvalue weighted by Crippen LogP contribution is -2.27. The molecule has 1 aromatic rings. The van der Waals surface area contributed by atoms with Crippen LogP contribution in [0.25, 0.3) is 0 Å². The van der Waals surface area contributed by atoms with E-state index in [0.717, 1.165) is 12.1 Å². The highest BCUT2D eigenvalue weighted by atomic mass is 19.2. The molecule has 0 saturated heterocycles. The lowest BCUT2D eigenvalue weighted by Gasteiger charge is -2.21. The molecule has 0 bridgehead atoms. The molecule has 0 heterocycles. The Balaban J connectivity index is 2.92. The number of hydrogen-bond acceptors (Lipinski definition) is 2. The molecule has 0 aromatic heterocycles. The summed E-state index contributed by atoms with van der Waals surface area (Å²) in [6.07, 6.45) is -0.513. The lowest BCUT2D eigenvalue weighted by molar-refractivity contribution is 0.120. The second-order valence-electron chi connectivity index (χ2n) is 4.52. The first-order valence-corrected chi connectivity index (χ1v) is 5.41. The van der Waals surface area contributed by atoms with E-state index in [1.807, 2.05) is 13.8 Å². The maximum Gasteiger partial charge on any atom is 0.194 e. The Labute approximate surface area is 98.3 Å². The van der Waals surface area contributed by atoms with Gasteiger partial charge in [-0.15, -0.1) is 0 Å². The maximum atomic E-state index is 13.0. The molecule has 96 valence electrons. The molecule has 1 aromatic carbocycles. The Morgan fingerprint density at radius 2 is 1.65 bits per heavy atom. The van der Waals surface area contributed by atoms with Crippen LogP contribution in [0.4, 0.5) is 13.2 Å². The van der Waals surface area contributed by atoms with Crippen molar-refractivity contribution in [2.45, 2.75) is 32.4 Å². The summed E-state index contributed by atoms with van der Waals surface area (Å²) in [6.45, 7) is 3.78. The summed E-state index contributed by atoms with van der Waals surface area (Å²) in [6, 6.07) is 0.696. The predicted molar refractivity (Wildman–Crippen MR) is 58.7 cm³/mol. The number of nitrogens with two attached hydrogens (primary N) is 1. The van der Waals surface area contributed by atoms with Crippen LogP contribution in [0.5, 0.6) is 0 Å². The first-order valence-electron chi connectivity index (χ1n) is 5.41. The Bertz CT molecular complexity index is 372. The van der Waals surface area contributed by atoms with E-state index in [-0.39, 0.29) is 11.5 Å². The molecule has 0 unspecified atom stereocenters. The van der Waals surface area contributed by atoms with E-state index >= 15 is 0 Å². The van der Waals surface area contributed by atoms with Crippen molar-refractivity contribution < 1.29 is 18.3 Å². The average Bonchev–Trinajstić information content (AvgIpc) is 2.23. The summed E-state index contributed by atoms with van der Waals surface area (Å²) in [7, 11) is 0. The molecular weight excluding hydrogens is 231 g/mol. The van der Waals surface area contributed by atoms with Gasteiger partial charge in [-0.1, -0.05) is 13.8 Å². The predicted octanol–water partition coefficient (Wildman–Crippen LogP) is 2.51. The van der Waals surface area contributed by atoms with Crippen molar-refractivity contribution in [3.63, 3.8) is 0 Å². The van der Waals surface area contributed by atoms with Crippen molar-refractivity contribution in [2.75, 3.05) is 0 Å². The van der Waals surface area contributed by atoms with Gasteiger partial charge in [-0.25, -0.2) is 13.2 Å². The van der Waals surface area contributed by atoms with Gasteiger partial charge < -0.3 is 10.8 Å². The van der Waals surface area contributed by atoms with Crippen LogP contribution >= 0.6 is 0 Å². The molecule has 3 N–H and O–H groups in total. The third-order valence-corrected chi connectivity index (χ3v) is 2.52. The molecule has 2 nitrogen and oxygen atoms in total. The molecule has 0 aliphatic heterocycles. The fraction of sp³-hybridized carbons (Fsp3) is 0.500. The van der Waals surface area contributed by atoms with Crippen molar-refractivity contribution in [1.82, 2.24) is 0 Å². The zero-order valence-corrected chi connectivity index (χ0v) is 9.75. The normalized spacial score (nSPS) is 15.1. The van der Waals surface area contributed by atoms with Crippen LogP contribution in [0, 0.1) is 23.4 Å². The largest absolute Gasteiger partial charge is 0.391 e. The topological polar surface area (TPSA) is 46.2 Å². The van der Waals surface area contributed by atoms with Crippen LogP contribution in [0.15, 0.2) is 12.1 Å². The number of hydrogen-bond donors (Lipinski definition) is 2. The number of rotatable bonds is 4. The average molecular weight is 247 g/mol. The van der Waals surface area contributed by atoms with E-state index in [9.17, 15) is 18.3 Å². The monoisotopic (exact) mass is 247 g/mol. The smallest absolute Gasteiger partial charge is 0.194 e. The van der Waals surface area contributed by atoms with Crippen molar-refractivity contribution in [2.24, 2.45) is 11.7 Å². The Morgan fingerprint density at radius 3 is 2.06 bits per heavy atom. The fourth-order valence-corrected chi connectivity index (χ4v) is 1.62. The molecule has 0 saturated carbocycles. The second-order valence-corrected chi connectivity index (χ2v) is 4.52. The minimum atomic E-state index is -1.53.